The van der Waals surface area contributed by atoms with Crippen molar-refractivity contribution in [2.45, 2.75) is 57.4 Å². The number of anilines is 1. The molecule has 0 aliphatic carbocycles. The zero-order valence-electron chi connectivity index (χ0n) is 35.3. The number of aryl methyl sites for hydroxylation is 2. The number of likely N-dealkylation sites (tertiary alicyclic amines) is 1. The molecule has 2 N–H and O–H groups in total. The highest BCUT2D eigenvalue weighted by Gasteiger charge is 2.33. The number of nitrogens with zero attached hydrogens (tertiary/aromatic N) is 6. The lowest BCUT2D eigenvalue weighted by Gasteiger charge is -2.36. The summed E-state index contributed by atoms with van der Waals surface area (Å²) in [6.07, 6.45) is 2.87. The average Bonchev–Trinajstić information content (AvgIpc) is 3.81. The number of rotatable bonds is 10. The predicted molar refractivity (Wildman–Crippen MR) is 228 cm³/mol. The highest BCUT2D eigenvalue weighted by molar-refractivity contribution is 6.04. The summed E-state index contributed by atoms with van der Waals surface area (Å²) in [5.41, 5.74) is 4.40. The van der Waals surface area contributed by atoms with Crippen molar-refractivity contribution in [1.29, 1.82) is 0 Å². The van der Waals surface area contributed by atoms with Gasteiger partial charge in [-0.15, -0.1) is 0 Å². The molecule has 2 aromatic heterocycles. The number of hydrogen-bond acceptors (Lipinski definition) is 8. The maximum atomic E-state index is 16.5. The van der Waals surface area contributed by atoms with Gasteiger partial charge in [0.15, 0.2) is 5.82 Å². The number of piperazine rings is 1. The molecule has 5 aromatic rings. The van der Waals surface area contributed by atoms with E-state index in [0.717, 1.165) is 62.4 Å². The van der Waals surface area contributed by atoms with Gasteiger partial charge in [-0.2, -0.15) is 0 Å². The van der Waals surface area contributed by atoms with E-state index in [1.807, 2.05) is 24.3 Å². The standard InChI is InChI=1S/C45H52F2N8O6/c1-26(56)54-17-6-8-27(25-54)31-23-32(33-24-35(44(59)50(2)3)48-41(33)40(31)47)29-11-10-28(22-38(29)61-5)53-20-18-52(19-21-53)16-7-9-30-34(46)12-13-36-42(30)51(4)45(60)55(36)37-14-15-39(57)49-43(37)58/h10-13,22-24,27,37,48H,6-9,14-21,25H2,1-5H3,(H,49,57,58)/t27-,37?/m0/s1. The van der Waals surface area contributed by atoms with Crippen molar-refractivity contribution in [3.8, 4) is 16.9 Å². The molecule has 8 rings (SSSR count). The highest BCUT2D eigenvalue weighted by atomic mass is 19.1. The average molecular weight is 839 g/mol. The second-order valence-electron chi connectivity index (χ2n) is 16.7. The van der Waals surface area contributed by atoms with Crippen molar-refractivity contribution in [2.24, 2.45) is 7.05 Å². The first kappa shape index (κ1) is 41.7. The Kier molecular flexibility index (Phi) is 11.5. The number of benzene rings is 3. The van der Waals surface area contributed by atoms with Crippen LogP contribution in [-0.2, 0) is 27.9 Å². The van der Waals surface area contributed by atoms with Crippen LogP contribution in [0, 0.1) is 11.6 Å². The molecule has 3 fully saturated rings. The van der Waals surface area contributed by atoms with Gasteiger partial charge in [0.25, 0.3) is 5.91 Å². The van der Waals surface area contributed by atoms with Crippen molar-refractivity contribution in [3.05, 3.63) is 81.4 Å². The molecule has 3 saturated heterocycles. The monoisotopic (exact) mass is 838 g/mol. The van der Waals surface area contributed by atoms with Gasteiger partial charge in [-0.3, -0.25) is 38.5 Å². The fourth-order valence-corrected chi connectivity index (χ4v) is 9.48. The molecule has 0 saturated carbocycles. The van der Waals surface area contributed by atoms with Crippen molar-refractivity contribution in [2.75, 3.05) is 71.9 Å². The molecule has 5 heterocycles. The minimum Gasteiger partial charge on any atom is -0.496 e. The first-order valence-corrected chi connectivity index (χ1v) is 21.0. The Balaban J connectivity index is 0.987. The number of methoxy groups -OCH3 is 1. The second-order valence-corrected chi connectivity index (χ2v) is 16.7. The Bertz CT molecular complexity index is 2620. The molecular weight excluding hydrogens is 787 g/mol. The molecule has 61 heavy (non-hydrogen) atoms. The summed E-state index contributed by atoms with van der Waals surface area (Å²) in [4.78, 5) is 74.1. The van der Waals surface area contributed by atoms with E-state index >= 15 is 8.78 Å². The van der Waals surface area contributed by atoms with Crippen LogP contribution >= 0.6 is 0 Å². The number of hydrogen-bond donors (Lipinski definition) is 2. The van der Waals surface area contributed by atoms with E-state index in [4.69, 9.17) is 4.74 Å². The molecule has 1 unspecified atom stereocenters. The van der Waals surface area contributed by atoms with Gasteiger partial charge in [-0.05, 0) is 86.2 Å². The number of piperidine rings is 2. The zero-order valence-corrected chi connectivity index (χ0v) is 35.3. The van der Waals surface area contributed by atoms with Gasteiger partial charge >= 0.3 is 5.69 Å². The van der Waals surface area contributed by atoms with Crippen LogP contribution in [0.25, 0.3) is 33.1 Å². The first-order valence-electron chi connectivity index (χ1n) is 21.0. The maximum absolute atomic E-state index is 16.5. The number of aromatic nitrogens is 3. The third-order valence-electron chi connectivity index (χ3n) is 12.8. The van der Waals surface area contributed by atoms with Crippen LogP contribution in [0.3, 0.4) is 0 Å². The van der Waals surface area contributed by atoms with Gasteiger partial charge in [0.05, 0.1) is 23.7 Å². The van der Waals surface area contributed by atoms with E-state index in [2.05, 4.69) is 20.1 Å². The molecule has 322 valence electrons. The van der Waals surface area contributed by atoms with Gasteiger partial charge in [-0.1, -0.05) is 0 Å². The van der Waals surface area contributed by atoms with Crippen LogP contribution in [0.2, 0.25) is 0 Å². The van der Waals surface area contributed by atoms with Crippen LogP contribution in [0.4, 0.5) is 14.5 Å². The second kappa shape index (κ2) is 16.8. The normalized spacial score (nSPS) is 18.9. The lowest BCUT2D eigenvalue weighted by atomic mass is 9.86. The first-order chi connectivity index (χ1) is 29.2. The number of nitrogens with one attached hydrogen (secondary N) is 2. The fourth-order valence-electron chi connectivity index (χ4n) is 9.48. The van der Waals surface area contributed by atoms with Gasteiger partial charge in [0.1, 0.15) is 23.3 Å². The van der Waals surface area contributed by atoms with E-state index in [9.17, 15) is 24.0 Å². The number of carbonyl (C=O) groups excluding carboxylic acids is 4. The SMILES string of the molecule is COc1cc(N2CCN(CCCc3c(F)ccc4c3n(C)c(=O)n4C3CCC(=O)NC3=O)CC2)ccc1-c1cc([C@H]2CCCN(C(C)=O)C2)c(F)c2[nH]c(C(=O)N(C)C)cc12. The topological polar surface area (TPSA) is 145 Å². The molecule has 0 spiro atoms. The van der Waals surface area contributed by atoms with E-state index in [1.54, 1.807) is 39.2 Å². The number of fused-ring (bicyclic) bond motifs is 2. The number of ether oxygens (including phenoxy) is 1. The van der Waals surface area contributed by atoms with E-state index < -0.39 is 29.3 Å². The van der Waals surface area contributed by atoms with Crippen LogP contribution < -0.4 is 20.6 Å². The Morgan fingerprint density at radius 1 is 0.951 bits per heavy atom. The van der Waals surface area contributed by atoms with Crippen molar-refractivity contribution >= 4 is 51.3 Å². The molecule has 3 aliphatic heterocycles. The molecule has 3 aromatic carbocycles. The van der Waals surface area contributed by atoms with Crippen molar-refractivity contribution in [1.82, 2.24) is 34.1 Å². The van der Waals surface area contributed by atoms with Crippen molar-refractivity contribution in [3.63, 3.8) is 0 Å². The number of imide groups is 1. The number of carbonyl (C=O) groups is 4. The number of H-pyrrole nitrogens is 1. The van der Waals surface area contributed by atoms with Gasteiger partial charge in [-0.25, -0.2) is 13.6 Å². The Labute approximate surface area is 352 Å². The molecule has 16 heteroatoms. The third-order valence-corrected chi connectivity index (χ3v) is 12.8. The highest BCUT2D eigenvalue weighted by Crippen LogP contribution is 2.42. The summed E-state index contributed by atoms with van der Waals surface area (Å²) in [6, 6.07) is 11.6. The molecular formula is C45H52F2N8O6. The molecule has 3 aliphatic rings. The van der Waals surface area contributed by atoms with E-state index in [1.165, 1.54) is 33.1 Å². The Hall–Kier alpha value is -6.03. The van der Waals surface area contributed by atoms with Gasteiger partial charge < -0.3 is 24.4 Å². The quantitative estimate of drug-likeness (QED) is 0.189. The van der Waals surface area contributed by atoms with E-state index in [-0.39, 0.29) is 47.7 Å². The third kappa shape index (κ3) is 7.77. The number of amides is 4. The lowest BCUT2D eigenvalue weighted by Crippen LogP contribution is -2.46. The maximum Gasteiger partial charge on any atom is 0.329 e. The van der Waals surface area contributed by atoms with Crippen LogP contribution in [-0.4, -0.2) is 119 Å². The summed E-state index contributed by atoms with van der Waals surface area (Å²) in [7, 11) is 6.49. The molecule has 4 amide bonds. The van der Waals surface area contributed by atoms with Gasteiger partial charge in [0.2, 0.25) is 17.7 Å². The summed E-state index contributed by atoms with van der Waals surface area (Å²) in [5.74, 6) is -1.66. The summed E-state index contributed by atoms with van der Waals surface area (Å²) >= 11 is 0. The Morgan fingerprint density at radius 2 is 1.72 bits per heavy atom. The summed E-state index contributed by atoms with van der Waals surface area (Å²) in [5, 5.41) is 2.88. The van der Waals surface area contributed by atoms with E-state index in [0.29, 0.717) is 59.2 Å². The minimum atomic E-state index is -0.841. The largest absolute Gasteiger partial charge is 0.496 e. The molecule has 2 atom stereocenters. The van der Waals surface area contributed by atoms with Crippen LogP contribution in [0.1, 0.15) is 72.6 Å². The number of aromatic amines is 1. The van der Waals surface area contributed by atoms with Crippen LogP contribution in [0.5, 0.6) is 5.75 Å². The minimum absolute atomic E-state index is 0.0398. The molecule has 0 bridgehead atoms. The Morgan fingerprint density at radius 3 is 2.43 bits per heavy atom. The van der Waals surface area contributed by atoms with Crippen molar-refractivity contribution < 1.29 is 32.7 Å². The van der Waals surface area contributed by atoms with Gasteiger partial charge in [0, 0.05) is 108 Å². The smallest absolute Gasteiger partial charge is 0.329 e. The molecule has 0 radical (unpaired) electrons. The lowest BCUT2D eigenvalue weighted by molar-refractivity contribution is -0.135. The van der Waals surface area contributed by atoms with Crippen LogP contribution in [0.15, 0.2) is 47.3 Å². The molecule has 14 nitrogen and oxygen atoms in total. The zero-order chi connectivity index (χ0) is 43.3. The number of halogens is 2. The predicted octanol–water partition coefficient (Wildman–Crippen LogP) is 4.94. The number of imidazole rings is 1. The fraction of sp³-hybridized carbons (Fsp3) is 0.444. The summed E-state index contributed by atoms with van der Waals surface area (Å²) in [6.45, 7) is 6.33. The summed E-state index contributed by atoms with van der Waals surface area (Å²) < 4.78 is 40.7.